The van der Waals surface area contributed by atoms with E-state index in [1.54, 1.807) is 18.5 Å². The molecule has 1 aliphatic rings. The van der Waals surface area contributed by atoms with Crippen LogP contribution >= 0.6 is 24.0 Å². The first-order valence-electron chi connectivity index (χ1n) is 5.85. The molecule has 1 N–H and O–H groups in total. The van der Waals surface area contributed by atoms with Crippen LogP contribution in [0.25, 0.3) is 11.3 Å². The van der Waals surface area contributed by atoms with Crippen LogP contribution in [-0.2, 0) is 5.54 Å². The van der Waals surface area contributed by atoms with E-state index in [1.165, 1.54) is 0 Å². The number of aromatic nitrogens is 4. The molecule has 0 bridgehead atoms. The van der Waals surface area contributed by atoms with Crippen LogP contribution < -0.4 is 5.32 Å². The zero-order chi connectivity index (χ0) is 13.3. The first kappa shape index (κ1) is 14.7. The molecular weight excluding hydrogens is 299 g/mol. The van der Waals surface area contributed by atoms with Gasteiger partial charge in [0.25, 0.3) is 0 Å². The third kappa shape index (κ3) is 2.48. The van der Waals surface area contributed by atoms with Crippen LogP contribution in [0.4, 0.5) is 0 Å². The molecular formula is C12H12Cl2N6. The molecule has 8 heteroatoms. The van der Waals surface area contributed by atoms with Gasteiger partial charge in [0.15, 0.2) is 0 Å². The topological polar surface area (TPSA) is 79.4 Å². The van der Waals surface area contributed by atoms with Gasteiger partial charge in [-0.05, 0) is 17.7 Å². The second-order valence-electron chi connectivity index (χ2n) is 4.55. The summed E-state index contributed by atoms with van der Waals surface area (Å²) >= 11 is 5.78. The maximum absolute atomic E-state index is 8.93. The molecule has 6 nitrogen and oxygen atoms in total. The van der Waals surface area contributed by atoms with Gasteiger partial charge in [0, 0.05) is 31.0 Å². The highest BCUT2D eigenvalue weighted by atomic mass is 35.5. The van der Waals surface area contributed by atoms with E-state index < -0.39 is 0 Å². The maximum Gasteiger partial charge on any atom is 0.222 e. The fourth-order valence-electron chi connectivity index (χ4n) is 2.14. The summed E-state index contributed by atoms with van der Waals surface area (Å²) in [6.45, 7) is 1.51. The molecule has 0 aliphatic carbocycles. The average Bonchev–Trinajstić information content (AvgIpc) is 2.83. The summed E-state index contributed by atoms with van der Waals surface area (Å²) in [5.74, 6) is 0. The molecule has 0 aromatic carbocycles. The van der Waals surface area contributed by atoms with Gasteiger partial charge in [-0.3, -0.25) is 4.68 Å². The largest absolute Gasteiger partial charge is 0.312 e. The zero-order valence-corrected chi connectivity index (χ0v) is 12.0. The van der Waals surface area contributed by atoms with E-state index in [-0.39, 0.29) is 23.2 Å². The number of hydrogen-bond donors (Lipinski definition) is 1. The van der Waals surface area contributed by atoms with Crippen LogP contribution in [-0.4, -0.2) is 32.8 Å². The standard InChI is InChI=1S/C12H11ClN6.ClH/c13-11-16-4-1-10(18-11)9-5-17-19(6-9)12(2-3-14)7-15-8-12;/h1,4-6,15H,2,7-8H2;1H. The first-order chi connectivity index (χ1) is 9.23. The Morgan fingerprint density at radius 3 is 2.90 bits per heavy atom. The van der Waals surface area contributed by atoms with Crippen LogP contribution in [0.5, 0.6) is 0 Å². The predicted octanol–water partition coefficient (Wildman–Crippen LogP) is 1.63. The lowest BCUT2D eigenvalue weighted by molar-refractivity contribution is 0.160. The number of nitriles is 1. The van der Waals surface area contributed by atoms with Crippen LogP contribution in [0.3, 0.4) is 0 Å². The summed E-state index contributed by atoms with van der Waals surface area (Å²) in [6, 6.07) is 4.00. The summed E-state index contributed by atoms with van der Waals surface area (Å²) in [4.78, 5) is 8.00. The smallest absolute Gasteiger partial charge is 0.222 e. The minimum atomic E-state index is -0.232. The minimum absolute atomic E-state index is 0. The van der Waals surface area contributed by atoms with Gasteiger partial charge >= 0.3 is 0 Å². The van der Waals surface area contributed by atoms with Gasteiger partial charge in [-0.15, -0.1) is 12.4 Å². The third-order valence-electron chi connectivity index (χ3n) is 3.31. The summed E-state index contributed by atoms with van der Waals surface area (Å²) in [7, 11) is 0. The zero-order valence-electron chi connectivity index (χ0n) is 10.5. The van der Waals surface area contributed by atoms with Crippen molar-refractivity contribution in [3.05, 3.63) is 29.9 Å². The monoisotopic (exact) mass is 310 g/mol. The molecule has 0 spiro atoms. The third-order valence-corrected chi connectivity index (χ3v) is 3.49. The fraction of sp³-hybridized carbons (Fsp3) is 0.333. The lowest BCUT2D eigenvalue weighted by atomic mass is 9.89. The quantitative estimate of drug-likeness (QED) is 0.872. The molecule has 1 aliphatic heterocycles. The molecule has 0 radical (unpaired) electrons. The van der Waals surface area contributed by atoms with Crippen LogP contribution in [0.2, 0.25) is 5.28 Å². The molecule has 1 saturated heterocycles. The molecule has 0 atom stereocenters. The molecule has 2 aromatic heterocycles. The second-order valence-corrected chi connectivity index (χ2v) is 4.89. The van der Waals surface area contributed by atoms with Crippen molar-refractivity contribution in [2.24, 2.45) is 0 Å². The molecule has 1 fully saturated rings. The molecule has 0 unspecified atom stereocenters. The van der Waals surface area contributed by atoms with Crippen LogP contribution in [0.1, 0.15) is 6.42 Å². The summed E-state index contributed by atoms with van der Waals surface area (Å²) in [5.41, 5.74) is 1.36. The Labute approximate surface area is 127 Å². The Morgan fingerprint density at radius 1 is 1.50 bits per heavy atom. The Hall–Kier alpha value is -1.68. The molecule has 0 saturated carbocycles. The highest BCUT2D eigenvalue weighted by Crippen LogP contribution is 2.27. The van der Waals surface area contributed by atoms with E-state index in [9.17, 15) is 0 Å². The van der Waals surface area contributed by atoms with E-state index in [0.717, 1.165) is 24.3 Å². The lowest BCUT2D eigenvalue weighted by Gasteiger charge is -2.41. The van der Waals surface area contributed by atoms with Crippen molar-refractivity contribution in [3.63, 3.8) is 0 Å². The number of hydrogen-bond acceptors (Lipinski definition) is 5. The van der Waals surface area contributed by atoms with Crippen LogP contribution in [0.15, 0.2) is 24.7 Å². The molecule has 3 rings (SSSR count). The number of nitrogens with one attached hydrogen (secondary N) is 1. The van der Waals surface area contributed by atoms with E-state index in [4.69, 9.17) is 16.9 Å². The van der Waals surface area contributed by atoms with Gasteiger partial charge in [0.05, 0.1) is 24.4 Å². The van der Waals surface area contributed by atoms with Crippen molar-refractivity contribution in [2.45, 2.75) is 12.0 Å². The number of nitrogens with zero attached hydrogens (tertiary/aromatic N) is 5. The van der Waals surface area contributed by atoms with Crippen molar-refractivity contribution in [3.8, 4) is 17.3 Å². The summed E-state index contributed by atoms with van der Waals surface area (Å²) < 4.78 is 1.85. The van der Waals surface area contributed by atoms with Crippen molar-refractivity contribution < 1.29 is 0 Å². The molecule has 104 valence electrons. The Kier molecular flexibility index (Phi) is 4.23. The lowest BCUT2D eigenvalue weighted by Crippen LogP contribution is -2.60. The first-order valence-corrected chi connectivity index (χ1v) is 6.23. The van der Waals surface area contributed by atoms with E-state index in [0.29, 0.717) is 6.42 Å². The van der Waals surface area contributed by atoms with E-state index >= 15 is 0 Å². The SMILES string of the molecule is Cl.N#CCC1(n2cc(-c3ccnc(Cl)n3)cn2)CNC1. The summed E-state index contributed by atoms with van der Waals surface area (Å²) in [5, 5.41) is 16.7. The molecule has 3 heterocycles. The Bertz CT molecular complexity index is 643. The molecule has 2 aromatic rings. The number of halogens is 2. The van der Waals surface area contributed by atoms with Gasteiger partial charge in [-0.2, -0.15) is 10.4 Å². The minimum Gasteiger partial charge on any atom is -0.312 e. The summed E-state index contributed by atoms with van der Waals surface area (Å²) in [6.07, 6.45) is 5.68. The Balaban J connectivity index is 0.00000147. The van der Waals surface area contributed by atoms with Crippen LogP contribution in [0, 0.1) is 11.3 Å². The van der Waals surface area contributed by atoms with Crippen molar-refractivity contribution in [1.29, 1.82) is 5.26 Å². The van der Waals surface area contributed by atoms with Gasteiger partial charge in [-0.25, -0.2) is 9.97 Å². The normalized spacial score (nSPS) is 15.8. The van der Waals surface area contributed by atoms with Crippen molar-refractivity contribution in [1.82, 2.24) is 25.1 Å². The van der Waals surface area contributed by atoms with Crippen molar-refractivity contribution in [2.75, 3.05) is 13.1 Å². The van der Waals surface area contributed by atoms with Crippen molar-refractivity contribution >= 4 is 24.0 Å². The molecule has 20 heavy (non-hydrogen) atoms. The van der Waals surface area contributed by atoms with E-state index in [1.807, 2.05) is 10.9 Å². The van der Waals surface area contributed by atoms with Gasteiger partial charge in [0.1, 0.15) is 5.54 Å². The van der Waals surface area contributed by atoms with Gasteiger partial charge < -0.3 is 5.32 Å². The predicted molar refractivity (Wildman–Crippen MR) is 76.6 cm³/mol. The van der Waals surface area contributed by atoms with E-state index in [2.05, 4.69) is 26.5 Å². The highest BCUT2D eigenvalue weighted by Gasteiger charge is 2.39. The molecule has 0 amide bonds. The van der Waals surface area contributed by atoms with Gasteiger partial charge in [-0.1, -0.05) is 0 Å². The Morgan fingerprint density at radius 2 is 2.30 bits per heavy atom. The fourth-order valence-corrected chi connectivity index (χ4v) is 2.29. The average molecular weight is 311 g/mol. The van der Waals surface area contributed by atoms with Gasteiger partial charge in [0.2, 0.25) is 5.28 Å². The maximum atomic E-state index is 8.93. The second kappa shape index (κ2) is 5.75. The number of rotatable bonds is 3. The highest BCUT2D eigenvalue weighted by molar-refractivity contribution is 6.28.